The number of hydrogen-bond acceptors (Lipinski definition) is 3. The van der Waals surface area contributed by atoms with Crippen molar-refractivity contribution < 1.29 is 15.3 Å². The molecule has 1 atom stereocenters. The number of hydrogen-bond donors (Lipinski definition) is 3. The normalized spacial score (nSPS) is 15.5. The van der Waals surface area contributed by atoms with Crippen molar-refractivity contribution >= 4 is 0 Å². The van der Waals surface area contributed by atoms with Gasteiger partial charge in [-0.2, -0.15) is 0 Å². The molecule has 0 saturated carbocycles. The minimum atomic E-state index is -1.59. The Kier molecular flexibility index (Phi) is 2.08. The quantitative estimate of drug-likeness (QED) is 0.351. The van der Waals surface area contributed by atoms with E-state index >= 15 is 0 Å². The Bertz CT molecular complexity index is 27.0. The highest BCUT2D eigenvalue weighted by Crippen LogP contribution is 1.81. The van der Waals surface area contributed by atoms with Crippen LogP contribution in [0.15, 0.2) is 0 Å². The summed E-state index contributed by atoms with van der Waals surface area (Å²) >= 11 is 0. The molecular weight excluding hydrogens is 84.0 g/mol. The van der Waals surface area contributed by atoms with Gasteiger partial charge in [-0.05, 0) is 6.92 Å². The van der Waals surface area contributed by atoms with E-state index in [9.17, 15) is 0 Å². The van der Waals surface area contributed by atoms with E-state index in [0.29, 0.717) is 0 Å². The van der Waals surface area contributed by atoms with Gasteiger partial charge in [0.15, 0.2) is 6.29 Å². The smallest absolute Gasteiger partial charge is 0.177 e. The van der Waals surface area contributed by atoms with Crippen LogP contribution in [0.5, 0.6) is 0 Å². The van der Waals surface area contributed by atoms with Crippen LogP contribution in [-0.4, -0.2) is 27.7 Å². The molecule has 0 aromatic rings. The van der Waals surface area contributed by atoms with Crippen LogP contribution in [0.3, 0.4) is 0 Å². The van der Waals surface area contributed by atoms with Crippen molar-refractivity contribution in [1.29, 1.82) is 0 Å². The lowest BCUT2D eigenvalue weighted by molar-refractivity contribution is -0.114. The SMILES string of the molecule is CC(O)C(O)O. The zero-order valence-corrected chi connectivity index (χ0v) is 3.50. The second-order valence-electron chi connectivity index (χ2n) is 1.15. The fourth-order valence-corrected chi connectivity index (χ4v) is 0. The number of aliphatic hydroxyl groups is 3. The third-order valence-electron chi connectivity index (χ3n) is 0.431. The van der Waals surface area contributed by atoms with Gasteiger partial charge in [0.25, 0.3) is 0 Å². The summed E-state index contributed by atoms with van der Waals surface area (Å²) in [5.41, 5.74) is 0. The van der Waals surface area contributed by atoms with Crippen molar-refractivity contribution in [1.82, 2.24) is 0 Å². The molecule has 0 aromatic heterocycles. The zero-order chi connectivity index (χ0) is 5.15. The van der Waals surface area contributed by atoms with E-state index in [2.05, 4.69) is 0 Å². The lowest BCUT2D eigenvalue weighted by atomic mass is 10.4. The summed E-state index contributed by atoms with van der Waals surface area (Å²) in [4.78, 5) is 0. The molecule has 0 fully saturated rings. The van der Waals surface area contributed by atoms with E-state index in [-0.39, 0.29) is 0 Å². The first-order valence-electron chi connectivity index (χ1n) is 1.69. The summed E-state index contributed by atoms with van der Waals surface area (Å²) in [6, 6.07) is 0. The van der Waals surface area contributed by atoms with Crippen LogP contribution in [0.2, 0.25) is 0 Å². The van der Waals surface area contributed by atoms with E-state index in [4.69, 9.17) is 15.3 Å². The number of rotatable bonds is 1. The molecule has 1 unspecified atom stereocenters. The van der Waals surface area contributed by atoms with Gasteiger partial charge in [0.2, 0.25) is 0 Å². The third kappa shape index (κ3) is 2.14. The fraction of sp³-hybridized carbons (Fsp3) is 1.00. The Labute approximate surface area is 35.9 Å². The second-order valence-corrected chi connectivity index (χ2v) is 1.15. The largest absolute Gasteiger partial charge is 0.388 e. The first-order valence-corrected chi connectivity index (χ1v) is 1.69. The summed E-state index contributed by atoms with van der Waals surface area (Å²) < 4.78 is 0. The van der Waals surface area contributed by atoms with Crippen LogP contribution in [-0.2, 0) is 0 Å². The molecule has 0 amide bonds. The van der Waals surface area contributed by atoms with E-state index in [1.54, 1.807) is 0 Å². The Hall–Kier alpha value is -0.120. The van der Waals surface area contributed by atoms with Crippen molar-refractivity contribution in [3.8, 4) is 0 Å². The summed E-state index contributed by atoms with van der Waals surface area (Å²) in [6.07, 6.45) is -2.63. The lowest BCUT2D eigenvalue weighted by Crippen LogP contribution is -2.20. The Morgan fingerprint density at radius 3 is 1.33 bits per heavy atom. The highest BCUT2D eigenvalue weighted by Gasteiger charge is 2.01. The van der Waals surface area contributed by atoms with Crippen molar-refractivity contribution in [3.05, 3.63) is 0 Å². The first kappa shape index (κ1) is 5.88. The molecule has 3 nitrogen and oxygen atoms in total. The van der Waals surface area contributed by atoms with Crippen LogP contribution in [0.1, 0.15) is 6.92 Å². The van der Waals surface area contributed by atoms with E-state index < -0.39 is 12.4 Å². The van der Waals surface area contributed by atoms with Crippen molar-refractivity contribution in [2.45, 2.75) is 19.3 Å². The van der Waals surface area contributed by atoms with Crippen molar-refractivity contribution in [3.63, 3.8) is 0 Å². The third-order valence-corrected chi connectivity index (χ3v) is 0.431. The van der Waals surface area contributed by atoms with Gasteiger partial charge in [-0.3, -0.25) is 0 Å². The highest BCUT2D eigenvalue weighted by atomic mass is 16.5. The standard InChI is InChI=1S/C3H8O3/c1-2(4)3(5)6/h2-6H,1H3. The van der Waals surface area contributed by atoms with Gasteiger partial charge in [0, 0.05) is 0 Å². The van der Waals surface area contributed by atoms with Crippen LogP contribution in [0.4, 0.5) is 0 Å². The summed E-state index contributed by atoms with van der Waals surface area (Å²) in [7, 11) is 0. The Balaban J connectivity index is 2.99. The summed E-state index contributed by atoms with van der Waals surface area (Å²) in [6.45, 7) is 1.30. The maximum Gasteiger partial charge on any atom is 0.177 e. The molecule has 0 aromatic carbocycles. The molecule has 3 N–H and O–H groups in total. The van der Waals surface area contributed by atoms with Crippen molar-refractivity contribution in [2.75, 3.05) is 0 Å². The van der Waals surface area contributed by atoms with Gasteiger partial charge in [0.05, 0.1) is 0 Å². The molecule has 0 aliphatic rings. The average Bonchev–Trinajstić information content (AvgIpc) is 1.36. The highest BCUT2D eigenvalue weighted by molar-refractivity contribution is 4.42. The number of aliphatic hydroxyl groups excluding tert-OH is 2. The van der Waals surface area contributed by atoms with Crippen LogP contribution >= 0.6 is 0 Å². The molecule has 0 spiro atoms. The average molecular weight is 92.1 g/mol. The molecule has 0 aliphatic carbocycles. The molecule has 38 valence electrons. The van der Waals surface area contributed by atoms with E-state index in [1.165, 1.54) is 6.92 Å². The van der Waals surface area contributed by atoms with Crippen LogP contribution in [0.25, 0.3) is 0 Å². The Morgan fingerprint density at radius 2 is 1.33 bits per heavy atom. The minimum Gasteiger partial charge on any atom is -0.388 e. The molecule has 0 radical (unpaired) electrons. The maximum absolute atomic E-state index is 8.13. The van der Waals surface area contributed by atoms with E-state index in [1.807, 2.05) is 0 Å². The molecule has 0 heterocycles. The maximum atomic E-state index is 8.13. The summed E-state index contributed by atoms with van der Waals surface area (Å²) in [5, 5.41) is 24.0. The van der Waals surface area contributed by atoms with Gasteiger partial charge in [-0.15, -0.1) is 0 Å². The first-order chi connectivity index (χ1) is 2.64. The molecule has 0 aliphatic heterocycles. The molecule has 0 rings (SSSR count). The molecule has 6 heavy (non-hydrogen) atoms. The second kappa shape index (κ2) is 2.12. The van der Waals surface area contributed by atoms with Crippen LogP contribution < -0.4 is 0 Å². The molecule has 3 heteroatoms. The van der Waals surface area contributed by atoms with Gasteiger partial charge in [-0.25, -0.2) is 0 Å². The predicted octanol–water partition coefficient (Wildman–Crippen LogP) is -1.32. The topological polar surface area (TPSA) is 60.7 Å². The van der Waals surface area contributed by atoms with E-state index in [0.717, 1.165) is 0 Å². The molecule has 0 saturated heterocycles. The Morgan fingerprint density at radius 1 is 1.17 bits per heavy atom. The minimum absolute atomic E-state index is 1.04. The van der Waals surface area contributed by atoms with Crippen molar-refractivity contribution in [2.24, 2.45) is 0 Å². The van der Waals surface area contributed by atoms with Gasteiger partial charge >= 0.3 is 0 Å². The van der Waals surface area contributed by atoms with Gasteiger partial charge in [0.1, 0.15) is 6.10 Å². The lowest BCUT2D eigenvalue weighted by Gasteiger charge is -2.02. The van der Waals surface area contributed by atoms with Gasteiger partial charge < -0.3 is 15.3 Å². The van der Waals surface area contributed by atoms with Gasteiger partial charge in [-0.1, -0.05) is 0 Å². The zero-order valence-electron chi connectivity index (χ0n) is 3.50. The van der Waals surface area contributed by atoms with Crippen LogP contribution in [0, 0.1) is 0 Å². The fourth-order valence-electron chi connectivity index (χ4n) is 0. The summed E-state index contributed by atoms with van der Waals surface area (Å²) in [5.74, 6) is 0. The molecular formula is C3H8O3. The predicted molar refractivity (Wildman–Crippen MR) is 19.9 cm³/mol. The molecule has 0 bridgehead atoms. The monoisotopic (exact) mass is 92.0 g/mol.